The van der Waals surface area contributed by atoms with E-state index >= 15 is 0 Å². The Morgan fingerprint density at radius 3 is 2.50 bits per heavy atom. The Hall–Kier alpha value is -1.81. The van der Waals surface area contributed by atoms with Crippen molar-refractivity contribution >= 4 is 5.97 Å². The lowest BCUT2D eigenvalue weighted by atomic mass is 9.67. The molecule has 2 N–H and O–H groups in total. The topological polar surface area (TPSA) is 66.8 Å². The van der Waals surface area contributed by atoms with Crippen molar-refractivity contribution in [3.63, 3.8) is 0 Å². The first kappa shape index (κ1) is 19.0. The minimum atomic E-state index is -0.826. The van der Waals surface area contributed by atoms with Gasteiger partial charge in [0.15, 0.2) is 0 Å². The summed E-state index contributed by atoms with van der Waals surface area (Å²) in [7, 11) is 0. The summed E-state index contributed by atoms with van der Waals surface area (Å²) in [5, 5.41) is 20.9. The number of aliphatic hydroxyl groups is 1. The number of phenolic OH excluding ortho intramolecular Hbond substituents is 1. The van der Waals surface area contributed by atoms with Crippen molar-refractivity contribution in [1.82, 2.24) is 0 Å². The number of fused-ring (bicyclic) bond motifs is 1. The van der Waals surface area contributed by atoms with Crippen LogP contribution in [0.5, 0.6) is 5.75 Å². The molecule has 3 rings (SSSR count). The average Bonchev–Trinajstić information content (AvgIpc) is 2.78. The molecule has 1 fully saturated rings. The molecule has 0 radical (unpaired) electrons. The van der Waals surface area contributed by atoms with Crippen LogP contribution in [-0.4, -0.2) is 27.9 Å². The number of benzene rings is 1. The number of hydrogen-bond donors (Lipinski definition) is 2. The van der Waals surface area contributed by atoms with Gasteiger partial charge < -0.3 is 14.9 Å². The first-order valence-electron chi connectivity index (χ1n) is 9.54. The van der Waals surface area contributed by atoms with E-state index in [0.29, 0.717) is 12.0 Å². The van der Waals surface area contributed by atoms with Crippen LogP contribution in [-0.2, 0) is 4.74 Å². The molecule has 0 amide bonds. The van der Waals surface area contributed by atoms with E-state index in [1.165, 1.54) is 17.7 Å². The largest absolute Gasteiger partial charge is 0.508 e. The number of carbonyl (C=O) groups excluding carboxylic acids is 1. The van der Waals surface area contributed by atoms with Gasteiger partial charge in [-0.2, -0.15) is 0 Å². The summed E-state index contributed by atoms with van der Waals surface area (Å²) in [6.45, 7) is 8.39. The Morgan fingerprint density at radius 2 is 1.88 bits per heavy atom. The molecule has 0 unspecified atom stereocenters. The summed E-state index contributed by atoms with van der Waals surface area (Å²) >= 11 is 0. The molecule has 1 aromatic rings. The number of carbonyl (C=O) groups is 1. The molecule has 1 aromatic carbocycles. The predicted molar refractivity (Wildman–Crippen MR) is 101 cm³/mol. The summed E-state index contributed by atoms with van der Waals surface area (Å²) < 4.78 is 5.97. The van der Waals surface area contributed by atoms with Crippen LogP contribution in [0.3, 0.4) is 0 Å². The quantitative estimate of drug-likeness (QED) is 0.618. The maximum atomic E-state index is 12.7. The van der Waals surface area contributed by atoms with E-state index in [0.717, 1.165) is 19.3 Å². The summed E-state index contributed by atoms with van der Waals surface area (Å²) in [5.74, 6) is -0.273. The summed E-state index contributed by atoms with van der Waals surface area (Å²) in [4.78, 5) is 12.7. The van der Waals surface area contributed by atoms with Crippen molar-refractivity contribution in [3.8, 4) is 5.75 Å². The molecule has 26 heavy (non-hydrogen) atoms. The van der Waals surface area contributed by atoms with Crippen molar-refractivity contribution in [3.05, 3.63) is 41.5 Å². The highest BCUT2D eigenvalue weighted by atomic mass is 16.5. The molecule has 1 saturated carbocycles. The Labute approximate surface area is 155 Å². The Morgan fingerprint density at radius 1 is 1.23 bits per heavy atom. The standard InChI is InChI=1S/C22H30O4/c1-14(2)22(25)12-11-21(4)10-9-15(3)13-18(19(21)22)26-20(24)16-5-7-17(23)8-6-16/h5-9,14,18-19,23,25H,10-13H2,1-4H3/t18-,19+,21+,22-/m1/s1. The molecule has 0 heterocycles. The summed E-state index contributed by atoms with van der Waals surface area (Å²) in [6.07, 6.45) is 5.13. The molecule has 0 aromatic heterocycles. The van der Waals surface area contributed by atoms with Gasteiger partial charge in [0, 0.05) is 12.3 Å². The monoisotopic (exact) mass is 358 g/mol. The zero-order valence-electron chi connectivity index (χ0n) is 16.2. The smallest absolute Gasteiger partial charge is 0.338 e. The number of hydrogen-bond acceptors (Lipinski definition) is 4. The Bertz CT molecular complexity index is 705. The number of esters is 1. The van der Waals surface area contributed by atoms with E-state index < -0.39 is 11.6 Å². The second-order valence-electron chi connectivity index (χ2n) is 8.73. The van der Waals surface area contributed by atoms with Gasteiger partial charge in [-0.1, -0.05) is 32.4 Å². The van der Waals surface area contributed by atoms with Gasteiger partial charge in [-0.05, 0) is 61.8 Å². The maximum absolute atomic E-state index is 12.7. The highest BCUT2D eigenvalue weighted by molar-refractivity contribution is 5.89. The zero-order chi connectivity index (χ0) is 19.1. The van der Waals surface area contributed by atoms with E-state index in [1.807, 2.05) is 0 Å². The Kier molecular flexibility index (Phi) is 4.91. The minimum absolute atomic E-state index is 0.0727. The fourth-order valence-corrected chi connectivity index (χ4v) is 4.89. The molecule has 0 spiro atoms. The number of phenols is 1. The highest BCUT2D eigenvalue weighted by Gasteiger charge is 2.59. The number of aromatic hydroxyl groups is 1. The first-order valence-corrected chi connectivity index (χ1v) is 9.54. The van der Waals surface area contributed by atoms with Gasteiger partial charge in [0.1, 0.15) is 11.9 Å². The number of ether oxygens (including phenoxy) is 1. The zero-order valence-corrected chi connectivity index (χ0v) is 16.2. The summed E-state index contributed by atoms with van der Waals surface area (Å²) in [5.41, 5.74) is 0.723. The van der Waals surface area contributed by atoms with E-state index in [9.17, 15) is 15.0 Å². The Balaban J connectivity index is 1.92. The number of rotatable bonds is 3. The van der Waals surface area contributed by atoms with Gasteiger partial charge in [0.25, 0.3) is 0 Å². The van der Waals surface area contributed by atoms with Crippen LogP contribution in [0.4, 0.5) is 0 Å². The van der Waals surface area contributed by atoms with E-state index in [1.54, 1.807) is 12.1 Å². The van der Waals surface area contributed by atoms with Crippen molar-refractivity contribution < 1.29 is 19.7 Å². The van der Waals surface area contributed by atoms with Crippen LogP contribution in [0.1, 0.15) is 63.7 Å². The molecule has 2 aliphatic rings. The van der Waals surface area contributed by atoms with Crippen LogP contribution in [0, 0.1) is 17.3 Å². The molecule has 0 aliphatic heterocycles. The third-order valence-electron chi connectivity index (χ3n) is 6.56. The van der Waals surface area contributed by atoms with Gasteiger partial charge in [-0.15, -0.1) is 0 Å². The second kappa shape index (κ2) is 6.73. The van der Waals surface area contributed by atoms with E-state index in [2.05, 4.69) is 33.8 Å². The summed E-state index contributed by atoms with van der Waals surface area (Å²) in [6, 6.07) is 6.11. The van der Waals surface area contributed by atoms with Gasteiger partial charge in [-0.3, -0.25) is 0 Å². The van der Waals surface area contributed by atoms with Crippen molar-refractivity contribution in [2.24, 2.45) is 17.3 Å². The van der Waals surface area contributed by atoms with Gasteiger partial charge in [-0.25, -0.2) is 4.79 Å². The maximum Gasteiger partial charge on any atom is 0.338 e. The molecular weight excluding hydrogens is 328 g/mol. The molecule has 0 bridgehead atoms. The van der Waals surface area contributed by atoms with Crippen molar-refractivity contribution in [2.75, 3.05) is 0 Å². The normalized spacial score (nSPS) is 34.2. The van der Waals surface area contributed by atoms with Gasteiger partial charge >= 0.3 is 5.97 Å². The molecule has 4 atom stereocenters. The molecule has 4 nitrogen and oxygen atoms in total. The van der Waals surface area contributed by atoms with Gasteiger partial charge in [0.2, 0.25) is 0 Å². The molecule has 2 aliphatic carbocycles. The fraction of sp³-hybridized carbons (Fsp3) is 0.591. The fourth-order valence-electron chi connectivity index (χ4n) is 4.89. The lowest BCUT2D eigenvalue weighted by Crippen LogP contribution is -2.50. The van der Waals surface area contributed by atoms with Crippen molar-refractivity contribution in [2.45, 2.75) is 65.1 Å². The highest BCUT2D eigenvalue weighted by Crippen LogP contribution is 2.58. The molecule has 142 valence electrons. The third kappa shape index (κ3) is 3.27. The van der Waals surface area contributed by atoms with Crippen molar-refractivity contribution in [1.29, 1.82) is 0 Å². The van der Waals surface area contributed by atoms with Gasteiger partial charge in [0.05, 0.1) is 11.2 Å². The molecule has 0 saturated heterocycles. The third-order valence-corrected chi connectivity index (χ3v) is 6.56. The lowest BCUT2D eigenvalue weighted by Gasteiger charge is -2.43. The molecular formula is C22H30O4. The van der Waals surface area contributed by atoms with E-state index in [-0.39, 0.29) is 29.1 Å². The van der Waals surface area contributed by atoms with Crippen LogP contribution in [0.25, 0.3) is 0 Å². The van der Waals surface area contributed by atoms with Crippen LogP contribution < -0.4 is 0 Å². The van der Waals surface area contributed by atoms with Crippen LogP contribution in [0.15, 0.2) is 35.9 Å². The van der Waals surface area contributed by atoms with Crippen LogP contribution in [0.2, 0.25) is 0 Å². The minimum Gasteiger partial charge on any atom is -0.508 e. The number of allylic oxidation sites excluding steroid dienone is 1. The second-order valence-corrected chi connectivity index (χ2v) is 8.73. The molecule has 4 heteroatoms. The van der Waals surface area contributed by atoms with E-state index in [4.69, 9.17) is 4.74 Å². The average molecular weight is 358 g/mol. The first-order chi connectivity index (χ1) is 12.2. The van der Waals surface area contributed by atoms with Crippen LogP contribution >= 0.6 is 0 Å². The SMILES string of the molecule is CC1=CC[C@@]2(C)CC[C@@](O)(C(C)C)[C@H]2[C@H](OC(=O)c2ccc(O)cc2)C1. The predicted octanol–water partition coefficient (Wildman–Crippen LogP) is 4.46. The lowest BCUT2D eigenvalue weighted by molar-refractivity contribution is -0.112.